The highest BCUT2D eigenvalue weighted by Crippen LogP contribution is 2.31. The van der Waals surface area contributed by atoms with Gasteiger partial charge in [-0.3, -0.25) is 4.79 Å². The fourth-order valence-corrected chi connectivity index (χ4v) is 2.31. The van der Waals surface area contributed by atoms with Crippen LogP contribution in [0.25, 0.3) is 6.08 Å². The van der Waals surface area contributed by atoms with E-state index in [1.54, 1.807) is 55.5 Å². The van der Waals surface area contributed by atoms with Crippen LogP contribution in [0.4, 0.5) is 0 Å². The molecule has 0 N–H and O–H groups in total. The van der Waals surface area contributed by atoms with Crippen molar-refractivity contribution in [2.45, 2.75) is 13.0 Å². The van der Waals surface area contributed by atoms with Crippen LogP contribution < -0.4 is 9.47 Å². The molecule has 2 rings (SSSR count). The predicted octanol–water partition coefficient (Wildman–Crippen LogP) is 3.53. The lowest BCUT2D eigenvalue weighted by Crippen LogP contribution is -2.23. The molecule has 0 heterocycles. The minimum absolute atomic E-state index is 0.249. The van der Waals surface area contributed by atoms with E-state index in [0.717, 1.165) is 0 Å². The summed E-state index contributed by atoms with van der Waals surface area (Å²) in [7, 11) is 3.06. The molecular formula is C20H20O5. The molecular weight excluding hydrogens is 320 g/mol. The second-order valence-electron chi connectivity index (χ2n) is 5.23. The van der Waals surface area contributed by atoms with Crippen LogP contribution in [-0.2, 0) is 9.53 Å². The highest BCUT2D eigenvalue weighted by atomic mass is 16.5. The maximum absolute atomic E-state index is 12.2. The van der Waals surface area contributed by atoms with E-state index < -0.39 is 12.1 Å². The number of Topliss-reactive ketones (excluding diaryl/α,β-unsaturated/α-hetero) is 1. The number of esters is 1. The molecule has 5 heteroatoms. The Morgan fingerprint density at radius 2 is 1.68 bits per heavy atom. The maximum Gasteiger partial charge on any atom is 0.331 e. The van der Waals surface area contributed by atoms with E-state index in [1.165, 1.54) is 20.3 Å². The lowest BCUT2D eigenvalue weighted by molar-refractivity contribution is -0.140. The van der Waals surface area contributed by atoms with Crippen molar-refractivity contribution in [2.24, 2.45) is 0 Å². The van der Waals surface area contributed by atoms with Crippen molar-refractivity contribution in [3.05, 3.63) is 65.7 Å². The highest BCUT2D eigenvalue weighted by Gasteiger charge is 2.18. The van der Waals surface area contributed by atoms with Crippen molar-refractivity contribution < 1.29 is 23.8 Å². The number of rotatable bonds is 7. The second-order valence-corrected chi connectivity index (χ2v) is 5.23. The van der Waals surface area contributed by atoms with Crippen molar-refractivity contribution >= 4 is 17.8 Å². The van der Waals surface area contributed by atoms with Crippen LogP contribution >= 0.6 is 0 Å². The monoisotopic (exact) mass is 340 g/mol. The number of ether oxygens (including phenoxy) is 3. The summed E-state index contributed by atoms with van der Waals surface area (Å²) in [4.78, 5) is 24.2. The Kier molecular flexibility index (Phi) is 6.34. The first-order chi connectivity index (χ1) is 12.1. The molecule has 0 bridgehead atoms. The van der Waals surface area contributed by atoms with E-state index in [0.29, 0.717) is 22.6 Å². The van der Waals surface area contributed by atoms with Gasteiger partial charge in [-0.25, -0.2) is 4.79 Å². The Bertz CT molecular complexity index is 765. The molecule has 1 unspecified atom stereocenters. The summed E-state index contributed by atoms with van der Waals surface area (Å²) >= 11 is 0. The molecule has 130 valence electrons. The number of benzene rings is 2. The van der Waals surface area contributed by atoms with Crippen molar-refractivity contribution in [1.82, 2.24) is 0 Å². The van der Waals surface area contributed by atoms with Crippen LogP contribution in [0.2, 0.25) is 0 Å². The summed E-state index contributed by atoms with van der Waals surface area (Å²) in [6.07, 6.45) is 1.95. The molecule has 1 atom stereocenters. The van der Waals surface area contributed by atoms with Crippen LogP contribution in [-0.4, -0.2) is 32.1 Å². The van der Waals surface area contributed by atoms with Gasteiger partial charge in [0.2, 0.25) is 5.78 Å². The summed E-state index contributed by atoms with van der Waals surface area (Å²) in [6, 6.07) is 14.0. The van der Waals surface area contributed by atoms with E-state index in [2.05, 4.69) is 0 Å². The van der Waals surface area contributed by atoms with Gasteiger partial charge in [-0.2, -0.15) is 0 Å². The average molecular weight is 340 g/mol. The van der Waals surface area contributed by atoms with E-state index in [9.17, 15) is 9.59 Å². The Morgan fingerprint density at radius 1 is 0.960 bits per heavy atom. The third kappa shape index (κ3) is 4.70. The van der Waals surface area contributed by atoms with Crippen LogP contribution in [0, 0.1) is 0 Å². The molecule has 0 aromatic heterocycles. The number of hydrogen-bond acceptors (Lipinski definition) is 5. The van der Waals surface area contributed by atoms with Gasteiger partial charge >= 0.3 is 5.97 Å². The molecule has 25 heavy (non-hydrogen) atoms. The van der Waals surface area contributed by atoms with Gasteiger partial charge in [0.15, 0.2) is 17.6 Å². The predicted molar refractivity (Wildman–Crippen MR) is 94.9 cm³/mol. The zero-order chi connectivity index (χ0) is 18.2. The molecule has 0 saturated carbocycles. The Morgan fingerprint density at radius 3 is 2.32 bits per heavy atom. The van der Waals surface area contributed by atoms with E-state index in [4.69, 9.17) is 14.2 Å². The number of carbonyl (C=O) groups excluding carboxylic acids is 2. The molecule has 0 aliphatic carbocycles. The largest absolute Gasteiger partial charge is 0.493 e. The zero-order valence-corrected chi connectivity index (χ0v) is 14.4. The van der Waals surface area contributed by atoms with Crippen LogP contribution in [0.5, 0.6) is 11.5 Å². The van der Waals surface area contributed by atoms with Gasteiger partial charge in [-0.1, -0.05) is 42.5 Å². The van der Waals surface area contributed by atoms with Gasteiger partial charge in [0, 0.05) is 17.2 Å². The van der Waals surface area contributed by atoms with Gasteiger partial charge in [0.25, 0.3) is 0 Å². The van der Waals surface area contributed by atoms with Crippen molar-refractivity contribution in [2.75, 3.05) is 14.2 Å². The third-order valence-electron chi connectivity index (χ3n) is 3.55. The lowest BCUT2D eigenvalue weighted by Gasteiger charge is -2.11. The number of para-hydroxylation sites is 1. The first-order valence-electron chi connectivity index (χ1n) is 7.75. The van der Waals surface area contributed by atoms with E-state index >= 15 is 0 Å². The van der Waals surface area contributed by atoms with Crippen molar-refractivity contribution in [1.29, 1.82) is 0 Å². The summed E-state index contributed by atoms with van der Waals surface area (Å²) in [5, 5.41) is 0. The topological polar surface area (TPSA) is 61.8 Å². The second kappa shape index (κ2) is 8.68. The molecule has 0 aliphatic rings. The normalized spacial score (nSPS) is 11.8. The maximum atomic E-state index is 12.2. The Balaban J connectivity index is 2.05. The van der Waals surface area contributed by atoms with Gasteiger partial charge in [0.05, 0.1) is 14.2 Å². The van der Waals surface area contributed by atoms with E-state index in [1.807, 2.05) is 6.07 Å². The summed E-state index contributed by atoms with van der Waals surface area (Å²) in [5.41, 5.74) is 1.17. The molecule has 2 aromatic rings. The zero-order valence-electron chi connectivity index (χ0n) is 14.4. The first-order valence-corrected chi connectivity index (χ1v) is 7.75. The number of carbonyl (C=O) groups is 2. The quantitative estimate of drug-likeness (QED) is 0.438. The van der Waals surface area contributed by atoms with Crippen LogP contribution in [0.15, 0.2) is 54.6 Å². The minimum atomic E-state index is -0.869. The molecule has 0 radical (unpaired) electrons. The smallest absolute Gasteiger partial charge is 0.331 e. The molecule has 0 aliphatic heterocycles. The first kappa shape index (κ1) is 18.3. The third-order valence-corrected chi connectivity index (χ3v) is 3.55. The van der Waals surface area contributed by atoms with Gasteiger partial charge in [-0.05, 0) is 19.1 Å². The fraction of sp³-hybridized carbons (Fsp3) is 0.200. The fourth-order valence-electron chi connectivity index (χ4n) is 2.31. The Hall–Kier alpha value is -3.08. The molecule has 0 fully saturated rings. The number of hydrogen-bond donors (Lipinski definition) is 0. The summed E-state index contributed by atoms with van der Waals surface area (Å²) in [5.74, 6) is 0.219. The molecule has 0 saturated heterocycles. The molecule has 2 aromatic carbocycles. The molecule has 0 spiro atoms. The van der Waals surface area contributed by atoms with Gasteiger partial charge < -0.3 is 14.2 Å². The Labute approximate surface area is 146 Å². The standard InChI is InChI=1S/C20H20O5/c1-14(19(22)15-8-5-4-6-9-15)25-18(21)13-12-16-10-7-11-17(23-2)20(16)24-3/h4-14H,1-3H3/b13-12+. The van der Waals surface area contributed by atoms with Crippen LogP contribution in [0.1, 0.15) is 22.8 Å². The van der Waals surface area contributed by atoms with Gasteiger partial charge in [0.1, 0.15) is 0 Å². The number of methoxy groups -OCH3 is 2. The van der Waals surface area contributed by atoms with Gasteiger partial charge in [-0.15, -0.1) is 0 Å². The van der Waals surface area contributed by atoms with E-state index in [-0.39, 0.29) is 5.78 Å². The lowest BCUT2D eigenvalue weighted by atomic mass is 10.1. The average Bonchev–Trinajstić information content (AvgIpc) is 2.65. The van der Waals surface area contributed by atoms with Crippen molar-refractivity contribution in [3.63, 3.8) is 0 Å². The highest BCUT2D eigenvalue weighted by molar-refractivity contribution is 6.01. The van der Waals surface area contributed by atoms with Crippen LogP contribution in [0.3, 0.4) is 0 Å². The summed E-state index contributed by atoms with van der Waals surface area (Å²) in [6.45, 7) is 1.55. The molecule has 0 amide bonds. The SMILES string of the molecule is COc1cccc(/C=C/C(=O)OC(C)C(=O)c2ccccc2)c1OC. The van der Waals surface area contributed by atoms with Crippen molar-refractivity contribution in [3.8, 4) is 11.5 Å². The minimum Gasteiger partial charge on any atom is -0.493 e. The number of ketones is 1. The summed E-state index contributed by atoms with van der Waals surface area (Å²) < 4.78 is 15.7. The molecule has 5 nitrogen and oxygen atoms in total.